The third kappa shape index (κ3) is 7.79. The minimum absolute atomic E-state index is 0.132. The molecule has 0 spiro atoms. The molecule has 170 valence electrons. The molecule has 0 fully saturated rings. The number of rotatable bonds is 12. The van der Waals surface area contributed by atoms with Gasteiger partial charge in [0.2, 0.25) is 5.88 Å². The SMILES string of the molecule is CCCCCCOc1cc(N[C@@H](C)[C@@H](Cc2ccc(Cl)cc2)c2cccc(Br)c2)ncn1. The lowest BCUT2D eigenvalue weighted by atomic mass is 9.86. The Balaban J connectivity index is 1.71. The topological polar surface area (TPSA) is 47.0 Å². The van der Waals surface area contributed by atoms with Crippen LogP contribution in [0.2, 0.25) is 5.02 Å². The predicted octanol–water partition coefficient (Wildman–Crippen LogP) is 7.68. The highest BCUT2D eigenvalue weighted by atomic mass is 79.9. The maximum atomic E-state index is 6.09. The molecule has 0 bridgehead atoms. The van der Waals surface area contributed by atoms with Crippen molar-refractivity contribution in [2.24, 2.45) is 0 Å². The van der Waals surface area contributed by atoms with Crippen molar-refractivity contribution >= 4 is 33.3 Å². The first-order valence-corrected chi connectivity index (χ1v) is 12.4. The second-order valence-corrected chi connectivity index (χ2v) is 9.43. The van der Waals surface area contributed by atoms with Crippen LogP contribution in [-0.4, -0.2) is 22.6 Å². The Hall–Kier alpha value is -2.11. The van der Waals surface area contributed by atoms with E-state index in [-0.39, 0.29) is 12.0 Å². The maximum absolute atomic E-state index is 6.09. The van der Waals surface area contributed by atoms with Crippen LogP contribution in [0.3, 0.4) is 0 Å². The molecule has 32 heavy (non-hydrogen) atoms. The quantitative estimate of drug-likeness (QED) is 0.251. The first kappa shape index (κ1) is 24.5. The molecule has 0 unspecified atom stereocenters. The molecule has 6 heteroatoms. The van der Waals surface area contributed by atoms with Gasteiger partial charge in [-0.05, 0) is 55.2 Å². The Bertz CT molecular complexity index is 967. The Morgan fingerprint density at radius 3 is 2.59 bits per heavy atom. The van der Waals surface area contributed by atoms with Crippen LogP contribution in [0.1, 0.15) is 56.6 Å². The molecule has 2 aromatic carbocycles. The van der Waals surface area contributed by atoms with Gasteiger partial charge in [0.25, 0.3) is 0 Å². The van der Waals surface area contributed by atoms with Crippen molar-refractivity contribution in [3.8, 4) is 5.88 Å². The summed E-state index contributed by atoms with van der Waals surface area (Å²) < 4.78 is 6.91. The molecule has 0 aliphatic rings. The zero-order valence-electron chi connectivity index (χ0n) is 18.7. The highest BCUT2D eigenvalue weighted by Gasteiger charge is 2.21. The van der Waals surface area contributed by atoms with E-state index in [9.17, 15) is 0 Å². The van der Waals surface area contributed by atoms with Crippen LogP contribution in [0.25, 0.3) is 0 Å². The highest BCUT2D eigenvalue weighted by Crippen LogP contribution is 2.29. The summed E-state index contributed by atoms with van der Waals surface area (Å²) in [6.45, 7) is 5.08. The predicted molar refractivity (Wildman–Crippen MR) is 137 cm³/mol. The van der Waals surface area contributed by atoms with Gasteiger partial charge in [0.1, 0.15) is 12.1 Å². The normalized spacial score (nSPS) is 12.9. The van der Waals surface area contributed by atoms with E-state index in [2.05, 4.69) is 81.5 Å². The number of nitrogens with zero attached hydrogens (tertiary/aromatic N) is 2. The standard InChI is InChI=1S/C26H31BrClN3O/c1-3-4-5-6-14-32-26-17-25(29-18-30-26)31-19(2)24(21-8-7-9-22(27)16-21)15-20-10-12-23(28)13-11-20/h7-13,16-19,24H,3-6,14-15H2,1-2H3,(H,29,30,31)/t19-,24+/m0/s1. The number of anilines is 1. The van der Waals surface area contributed by atoms with Crippen molar-refractivity contribution in [2.75, 3.05) is 11.9 Å². The van der Waals surface area contributed by atoms with Crippen LogP contribution in [0.5, 0.6) is 5.88 Å². The molecule has 3 rings (SSSR count). The van der Waals surface area contributed by atoms with Crippen LogP contribution in [0.15, 0.2) is 65.4 Å². The zero-order valence-corrected chi connectivity index (χ0v) is 21.1. The van der Waals surface area contributed by atoms with Crippen LogP contribution in [0.4, 0.5) is 5.82 Å². The first-order valence-electron chi connectivity index (χ1n) is 11.3. The van der Waals surface area contributed by atoms with E-state index in [1.165, 1.54) is 30.4 Å². The molecule has 1 aromatic heterocycles. The lowest BCUT2D eigenvalue weighted by molar-refractivity contribution is 0.293. The average Bonchev–Trinajstić information content (AvgIpc) is 2.79. The smallest absolute Gasteiger partial charge is 0.218 e. The van der Waals surface area contributed by atoms with Gasteiger partial charge < -0.3 is 10.1 Å². The number of nitrogens with one attached hydrogen (secondary N) is 1. The van der Waals surface area contributed by atoms with Gasteiger partial charge in [-0.2, -0.15) is 0 Å². The maximum Gasteiger partial charge on any atom is 0.218 e. The van der Waals surface area contributed by atoms with E-state index < -0.39 is 0 Å². The van der Waals surface area contributed by atoms with Crippen molar-refractivity contribution in [1.82, 2.24) is 9.97 Å². The molecule has 0 saturated carbocycles. The molecule has 4 nitrogen and oxygen atoms in total. The van der Waals surface area contributed by atoms with Gasteiger partial charge in [-0.3, -0.25) is 0 Å². The van der Waals surface area contributed by atoms with E-state index in [0.29, 0.717) is 12.5 Å². The Morgan fingerprint density at radius 2 is 1.84 bits per heavy atom. The van der Waals surface area contributed by atoms with E-state index in [1.807, 2.05) is 18.2 Å². The molecule has 0 saturated heterocycles. The third-order valence-corrected chi connectivity index (χ3v) is 6.26. The second kappa shape index (κ2) is 12.8. The fourth-order valence-corrected chi connectivity index (χ4v) is 4.27. The summed E-state index contributed by atoms with van der Waals surface area (Å²) in [5.74, 6) is 1.62. The summed E-state index contributed by atoms with van der Waals surface area (Å²) in [5.41, 5.74) is 2.50. The summed E-state index contributed by atoms with van der Waals surface area (Å²) in [6.07, 6.45) is 7.12. The van der Waals surface area contributed by atoms with Crippen molar-refractivity contribution in [3.63, 3.8) is 0 Å². The lowest BCUT2D eigenvalue weighted by Gasteiger charge is -2.26. The number of halogens is 2. The number of unbranched alkanes of at least 4 members (excludes halogenated alkanes) is 3. The third-order valence-electron chi connectivity index (χ3n) is 5.51. The molecule has 1 heterocycles. The molecule has 0 radical (unpaired) electrons. The van der Waals surface area contributed by atoms with Gasteiger partial charge in [-0.15, -0.1) is 0 Å². The summed E-state index contributed by atoms with van der Waals surface area (Å²) >= 11 is 9.70. The van der Waals surface area contributed by atoms with Gasteiger partial charge in [0.05, 0.1) is 6.61 Å². The highest BCUT2D eigenvalue weighted by molar-refractivity contribution is 9.10. The molecule has 0 amide bonds. The van der Waals surface area contributed by atoms with Crippen molar-refractivity contribution in [2.45, 2.75) is 57.9 Å². The molecule has 3 aromatic rings. The zero-order chi connectivity index (χ0) is 22.8. The molecule has 1 N–H and O–H groups in total. The number of hydrogen-bond acceptors (Lipinski definition) is 4. The summed E-state index contributed by atoms with van der Waals surface area (Å²) in [5, 5.41) is 4.32. The Kier molecular flexibility index (Phi) is 9.82. The molecular weight excluding hydrogens is 486 g/mol. The molecule has 0 aliphatic carbocycles. The summed E-state index contributed by atoms with van der Waals surface area (Å²) in [7, 11) is 0. The van der Waals surface area contributed by atoms with E-state index in [0.717, 1.165) is 28.2 Å². The van der Waals surface area contributed by atoms with Crippen molar-refractivity contribution in [3.05, 3.63) is 81.5 Å². The van der Waals surface area contributed by atoms with Crippen LogP contribution in [-0.2, 0) is 6.42 Å². The van der Waals surface area contributed by atoms with Gasteiger partial charge in [-0.25, -0.2) is 9.97 Å². The van der Waals surface area contributed by atoms with Crippen LogP contribution >= 0.6 is 27.5 Å². The Morgan fingerprint density at radius 1 is 1.03 bits per heavy atom. The molecule has 0 aliphatic heterocycles. The van der Waals surface area contributed by atoms with Gasteiger partial charge in [0.15, 0.2) is 0 Å². The summed E-state index contributed by atoms with van der Waals surface area (Å²) in [4.78, 5) is 8.68. The monoisotopic (exact) mass is 515 g/mol. The van der Waals surface area contributed by atoms with Gasteiger partial charge in [0, 0.05) is 27.5 Å². The lowest BCUT2D eigenvalue weighted by Crippen LogP contribution is -2.26. The van der Waals surface area contributed by atoms with E-state index >= 15 is 0 Å². The van der Waals surface area contributed by atoms with Crippen LogP contribution in [0, 0.1) is 0 Å². The van der Waals surface area contributed by atoms with Gasteiger partial charge >= 0.3 is 0 Å². The molecule has 2 atom stereocenters. The number of ether oxygens (including phenoxy) is 1. The first-order chi connectivity index (χ1) is 15.5. The van der Waals surface area contributed by atoms with Crippen molar-refractivity contribution in [1.29, 1.82) is 0 Å². The van der Waals surface area contributed by atoms with Gasteiger partial charge in [-0.1, -0.05) is 78.0 Å². The second-order valence-electron chi connectivity index (χ2n) is 8.08. The van der Waals surface area contributed by atoms with E-state index in [4.69, 9.17) is 16.3 Å². The number of benzene rings is 2. The Labute approximate surface area is 204 Å². The summed E-state index contributed by atoms with van der Waals surface area (Å²) in [6, 6.07) is 18.6. The minimum atomic E-state index is 0.132. The fraction of sp³-hybridized carbons (Fsp3) is 0.385. The minimum Gasteiger partial charge on any atom is -0.478 e. The van der Waals surface area contributed by atoms with Crippen molar-refractivity contribution < 1.29 is 4.74 Å². The number of aromatic nitrogens is 2. The molecular formula is C26H31BrClN3O. The number of hydrogen-bond donors (Lipinski definition) is 1. The fourth-order valence-electron chi connectivity index (χ4n) is 3.73. The van der Waals surface area contributed by atoms with Crippen LogP contribution < -0.4 is 10.1 Å². The largest absolute Gasteiger partial charge is 0.478 e. The average molecular weight is 517 g/mol. The van der Waals surface area contributed by atoms with E-state index in [1.54, 1.807) is 6.33 Å².